The minimum atomic E-state index is -0.191. The summed E-state index contributed by atoms with van der Waals surface area (Å²) in [6, 6.07) is 18.8. The Balaban J connectivity index is 1.80. The second kappa shape index (κ2) is 5.38. The zero-order valence-electron chi connectivity index (χ0n) is 10.2. The van der Waals surface area contributed by atoms with Crippen LogP contribution in [0, 0.1) is 0 Å². The zero-order chi connectivity index (χ0) is 12.2. The normalized spacial score (nSPS) is 15.7. The molecule has 0 bridgehead atoms. The van der Waals surface area contributed by atoms with Crippen molar-refractivity contribution in [2.75, 3.05) is 13.2 Å². The lowest BCUT2D eigenvalue weighted by atomic mass is 9.77. The van der Waals surface area contributed by atoms with Gasteiger partial charge in [0.25, 0.3) is 0 Å². The molecule has 1 heterocycles. The number of hydrogen-bond acceptors (Lipinski definition) is 2. The van der Waals surface area contributed by atoms with Crippen LogP contribution in [0.25, 0.3) is 11.1 Å². The lowest BCUT2D eigenvalue weighted by molar-refractivity contribution is 0.143. The molecule has 0 amide bonds. The van der Waals surface area contributed by atoms with E-state index < -0.39 is 0 Å². The van der Waals surface area contributed by atoms with Crippen molar-refractivity contribution < 1.29 is 9.31 Å². The minimum absolute atomic E-state index is 0.191. The molecule has 0 aromatic heterocycles. The van der Waals surface area contributed by atoms with Crippen molar-refractivity contribution in [2.24, 2.45) is 0 Å². The van der Waals surface area contributed by atoms with Gasteiger partial charge in [-0.3, -0.25) is 0 Å². The maximum atomic E-state index is 5.59. The van der Waals surface area contributed by atoms with E-state index in [1.807, 2.05) is 6.07 Å². The first kappa shape index (κ1) is 11.5. The van der Waals surface area contributed by atoms with Gasteiger partial charge in [-0.05, 0) is 23.0 Å². The van der Waals surface area contributed by atoms with Crippen molar-refractivity contribution in [2.45, 2.75) is 6.42 Å². The van der Waals surface area contributed by atoms with Crippen LogP contribution in [0.4, 0.5) is 0 Å². The zero-order valence-corrected chi connectivity index (χ0v) is 10.2. The SMILES string of the molecule is c1ccc(-c2ccc(B3OCCCO3)cc2)cc1. The topological polar surface area (TPSA) is 18.5 Å². The van der Waals surface area contributed by atoms with Gasteiger partial charge in [0.15, 0.2) is 0 Å². The summed E-state index contributed by atoms with van der Waals surface area (Å²) < 4.78 is 11.2. The van der Waals surface area contributed by atoms with Crippen LogP contribution < -0.4 is 5.46 Å². The lowest BCUT2D eigenvalue weighted by Gasteiger charge is -2.20. The lowest BCUT2D eigenvalue weighted by Crippen LogP contribution is -2.40. The fourth-order valence-electron chi connectivity index (χ4n) is 2.14. The van der Waals surface area contributed by atoms with Gasteiger partial charge in [-0.2, -0.15) is 0 Å². The van der Waals surface area contributed by atoms with Crippen molar-refractivity contribution in [1.82, 2.24) is 0 Å². The van der Waals surface area contributed by atoms with Crippen LogP contribution in [0.1, 0.15) is 6.42 Å². The molecule has 1 saturated heterocycles. The molecule has 0 atom stereocenters. The van der Waals surface area contributed by atoms with E-state index in [1.165, 1.54) is 11.1 Å². The molecule has 0 unspecified atom stereocenters. The molecule has 1 fully saturated rings. The maximum absolute atomic E-state index is 5.59. The summed E-state index contributed by atoms with van der Waals surface area (Å²) in [5.41, 5.74) is 3.54. The van der Waals surface area contributed by atoms with Gasteiger partial charge in [-0.25, -0.2) is 0 Å². The van der Waals surface area contributed by atoms with Gasteiger partial charge in [-0.1, -0.05) is 54.6 Å². The molecule has 3 heteroatoms. The molecule has 90 valence electrons. The van der Waals surface area contributed by atoms with Crippen molar-refractivity contribution in [3.8, 4) is 11.1 Å². The van der Waals surface area contributed by atoms with Gasteiger partial charge < -0.3 is 9.31 Å². The Morgan fingerprint density at radius 2 is 1.33 bits per heavy atom. The Hall–Kier alpha value is -1.58. The molecular weight excluding hydrogens is 223 g/mol. The van der Waals surface area contributed by atoms with Crippen LogP contribution in [0.15, 0.2) is 54.6 Å². The van der Waals surface area contributed by atoms with E-state index in [4.69, 9.17) is 9.31 Å². The fraction of sp³-hybridized carbons (Fsp3) is 0.200. The maximum Gasteiger partial charge on any atom is 0.493 e. The average Bonchev–Trinajstić information content (AvgIpc) is 2.49. The first-order valence-electron chi connectivity index (χ1n) is 6.32. The monoisotopic (exact) mass is 238 g/mol. The minimum Gasteiger partial charge on any atom is -0.407 e. The van der Waals surface area contributed by atoms with E-state index in [2.05, 4.69) is 48.5 Å². The third kappa shape index (κ3) is 2.47. The van der Waals surface area contributed by atoms with Crippen LogP contribution in [0.5, 0.6) is 0 Å². The molecule has 1 aliphatic rings. The van der Waals surface area contributed by atoms with Crippen molar-refractivity contribution in [3.05, 3.63) is 54.6 Å². The fourth-order valence-corrected chi connectivity index (χ4v) is 2.14. The molecule has 2 aromatic carbocycles. The van der Waals surface area contributed by atoms with Crippen LogP contribution in [-0.2, 0) is 9.31 Å². The molecule has 0 radical (unpaired) electrons. The summed E-state index contributed by atoms with van der Waals surface area (Å²) in [7, 11) is -0.191. The van der Waals surface area contributed by atoms with Crippen molar-refractivity contribution in [3.63, 3.8) is 0 Å². The van der Waals surface area contributed by atoms with Gasteiger partial charge in [0.05, 0.1) is 0 Å². The molecule has 0 aliphatic carbocycles. The number of hydrogen-bond donors (Lipinski definition) is 0. The highest BCUT2D eigenvalue weighted by molar-refractivity contribution is 6.61. The molecule has 1 aliphatic heterocycles. The Morgan fingerprint density at radius 1 is 0.722 bits per heavy atom. The molecular formula is C15H15BO2. The molecule has 2 aromatic rings. The Labute approximate surface area is 108 Å². The smallest absolute Gasteiger partial charge is 0.407 e. The predicted octanol–water partition coefficient (Wildman–Crippen LogP) is 2.49. The Morgan fingerprint density at radius 3 is 2.00 bits per heavy atom. The highest BCUT2D eigenvalue weighted by Crippen LogP contribution is 2.17. The van der Waals surface area contributed by atoms with E-state index in [0.717, 1.165) is 25.1 Å². The predicted molar refractivity (Wildman–Crippen MR) is 73.8 cm³/mol. The molecule has 0 spiro atoms. The Kier molecular flexibility index (Phi) is 3.44. The second-order valence-electron chi connectivity index (χ2n) is 4.42. The first-order chi connectivity index (χ1) is 8.93. The summed E-state index contributed by atoms with van der Waals surface area (Å²) in [5.74, 6) is 0. The summed E-state index contributed by atoms with van der Waals surface area (Å²) in [5, 5.41) is 0. The highest BCUT2D eigenvalue weighted by Gasteiger charge is 2.23. The molecule has 2 nitrogen and oxygen atoms in total. The highest BCUT2D eigenvalue weighted by atomic mass is 16.6. The second-order valence-corrected chi connectivity index (χ2v) is 4.42. The standard InChI is InChI=1S/C15H15BO2/c1-2-5-13(6-3-1)14-7-9-15(10-8-14)16-17-11-4-12-18-16/h1-3,5-10H,4,11-12H2. The van der Waals surface area contributed by atoms with Crippen LogP contribution >= 0.6 is 0 Å². The summed E-state index contributed by atoms with van der Waals surface area (Å²) in [6.45, 7) is 1.57. The van der Waals surface area contributed by atoms with E-state index in [0.29, 0.717) is 0 Å². The van der Waals surface area contributed by atoms with E-state index in [-0.39, 0.29) is 7.12 Å². The molecule has 18 heavy (non-hydrogen) atoms. The molecule has 3 rings (SSSR count). The van der Waals surface area contributed by atoms with Crippen molar-refractivity contribution >= 4 is 12.6 Å². The molecule has 0 saturated carbocycles. The van der Waals surface area contributed by atoms with Crippen LogP contribution in [-0.4, -0.2) is 20.3 Å². The quantitative estimate of drug-likeness (QED) is 0.748. The van der Waals surface area contributed by atoms with Crippen LogP contribution in [0.3, 0.4) is 0 Å². The number of rotatable bonds is 2. The first-order valence-corrected chi connectivity index (χ1v) is 6.32. The summed E-state index contributed by atoms with van der Waals surface area (Å²) in [4.78, 5) is 0. The van der Waals surface area contributed by atoms with E-state index >= 15 is 0 Å². The van der Waals surface area contributed by atoms with Gasteiger partial charge in [0.1, 0.15) is 0 Å². The van der Waals surface area contributed by atoms with E-state index in [9.17, 15) is 0 Å². The third-order valence-electron chi connectivity index (χ3n) is 3.12. The Bertz CT molecular complexity index is 490. The van der Waals surface area contributed by atoms with E-state index in [1.54, 1.807) is 0 Å². The van der Waals surface area contributed by atoms with Crippen molar-refractivity contribution in [1.29, 1.82) is 0 Å². The van der Waals surface area contributed by atoms with Gasteiger partial charge in [-0.15, -0.1) is 0 Å². The van der Waals surface area contributed by atoms with Crippen LogP contribution in [0.2, 0.25) is 0 Å². The largest absolute Gasteiger partial charge is 0.493 e. The van der Waals surface area contributed by atoms with Gasteiger partial charge >= 0.3 is 7.12 Å². The summed E-state index contributed by atoms with van der Waals surface area (Å²) >= 11 is 0. The average molecular weight is 238 g/mol. The third-order valence-corrected chi connectivity index (χ3v) is 3.12. The van der Waals surface area contributed by atoms with Gasteiger partial charge in [0.2, 0.25) is 0 Å². The number of benzene rings is 2. The van der Waals surface area contributed by atoms with Gasteiger partial charge in [0, 0.05) is 13.2 Å². The molecule has 0 N–H and O–H groups in total. The summed E-state index contributed by atoms with van der Waals surface area (Å²) in [6.07, 6.45) is 0.985.